The monoisotopic (exact) mass is 1520 g/mol. The molecule has 2 fully saturated rings. The lowest BCUT2D eigenvalue weighted by Crippen LogP contribution is -2.43. The summed E-state index contributed by atoms with van der Waals surface area (Å²) in [6, 6.07) is 1.12. The minimum absolute atomic E-state index is 0.181. The van der Waals surface area contributed by atoms with Crippen molar-refractivity contribution in [1.82, 2.24) is 63.0 Å². The van der Waals surface area contributed by atoms with Crippen LogP contribution in [0, 0.1) is 0 Å². The molecule has 0 bridgehead atoms. The first-order chi connectivity index (χ1) is 50.5. The van der Waals surface area contributed by atoms with Gasteiger partial charge in [-0.2, -0.15) is 0 Å². The van der Waals surface area contributed by atoms with Gasteiger partial charge in [0.15, 0.2) is 0 Å². The Kier molecular flexibility index (Phi) is 166. The summed E-state index contributed by atoms with van der Waals surface area (Å²) in [6.07, 6.45) is 13.9. The van der Waals surface area contributed by atoms with Crippen LogP contribution in [0.2, 0.25) is 0 Å². The molecule has 0 amide bonds. The van der Waals surface area contributed by atoms with Crippen molar-refractivity contribution < 1.29 is 24.8 Å². The summed E-state index contributed by atoms with van der Waals surface area (Å²) in [7, 11) is 7.88. The molecule has 0 aliphatic heterocycles. The largest absolute Gasteiger partial charge is 0.395 e. The maximum Gasteiger partial charge on any atom is 0.0701 e. The normalized spacial score (nSPS) is 14.5. The van der Waals surface area contributed by atoms with Crippen molar-refractivity contribution in [2.24, 2.45) is 120 Å². The highest BCUT2D eigenvalue weighted by Crippen LogP contribution is 2.15. The van der Waals surface area contributed by atoms with Crippen LogP contribution in [0.3, 0.4) is 0 Å². The van der Waals surface area contributed by atoms with Crippen molar-refractivity contribution in [3.63, 3.8) is 0 Å². The Morgan fingerprint density at radius 1 is 0.269 bits per heavy atom. The molecule has 2 rings (SSSR count). The van der Waals surface area contributed by atoms with Crippen LogP contribution in [0.15, 0.2) is 0 Å². The zero-order valence-electron chi connectivity index (χ0n) is 67.5. The molecule has 0 saturated heterocycles. The molecular weight excluding hydrogens is 1330 g/mol. The van der Waals surface area contributed by atoms with E-state index in [2.05, 4.69) is 63.0 Å². The summed E-state index contributed by atoms with van der Waals surface area (Å²) in [5.41, 5.74) is 111. The molecule has 4 atom stereocenters. The van der Waals surface area contributed by atoms with Crippen LogP contribution in [-0.4, -0.2) is 379 Å². The summed E-state index contributed by atoms with van der Waals surface area (Å²) < 4.78 is 10.1. The number of aliphatic hydroxyl groups excluding tert-OH is 3. The van der Waals surface area contributed by atoms with Gasteiger partial charge in [0.05, 0.1) is 46.2 Å². The molecule has 0 aromatic carbocycles. The van der Waals surface area contributed by atoms with E-state index >= 15 is 0 Å². The Balaban J connectivity index is -0.000000100. The van der Waals surface area contributed by atoms with Crippen molar-refractivity contribution >= 4 is 0 Å². The van der Waals surface area contributed by atoms with E-state index in [1.807, 2.05) is 28.2 Å². The third-order valence-corrected chi connectivity index (χ3v) is 13.2. The second-order valence-corrected chi connectivity index (χ2v) is 23.1. The number of likely N-dealkylation sites (N-methyl/N-ethyl adjacent to an activating group) is 1. The third kappa shape index (κ3) is 161. The SMILES string of the molecule is CN(CCN)CCN.CNCCCN.CNCCCNC.NCCCN.NCCCNCCN.NCCN(CCN)CCN.NCCNCCN.NCCNCCNCCN.NCCNCCO.NCCOCCOCCN.N[C@@H]1CCCC[C@@H]1N.N[C@@H]1CCCC[C@H]1N.OCCNCCNCCO. The molecule has 0 heterocycles. The summed E-state index contributed by atoms with van der Waals surface area (Å²) >= 11 is 0. The van der Waals surface area contributed by atoms with Crippen molar-refractivity contribution in [1.29, 1.82) is 0 Å². The van der Waals surface area contributed by atoms with Crippen molar-refractivity contribution in [3.05, 3.63) is 0 Å². The molecule has 2 aliphatic rings. The van der Waals surface area contributed by atoms with Gasteiger partial charge in [-0.25, -0.2) is 0 Å². The number of hydrogen-bond acceptors (Lipinski definition) is 38. The Labute approximate surface area is 636 Å². The molecule has 38 heteroatoms. The Morgan fingerprint density at radius 3 is 0.721 bits per heavy atom. The molecule has 55 N–H and O–H groups in total. The summed E-state index contributed by atoms with van der Waals surface area (Å²) in [5, 5.41) is 55.4. The molecule has 0 aromatic rings. The number of hydrogen-bond donors (Lipinski definition) is 34. The van der Waals surface area contributed by atoms with Crippen LogP contribution in [0.25, 0.3) is 0 Å². The first-order valence-electron chi connectivity index (χ1n) is 38.7. The highest BCUT2D eigenvalue weighted by molar-refractivity contribution is 4.80. The van der Waals surface area contributed by atoms with Gasteiger partial charge in [-0.1, -0.05) is 25.7 Å². The zero-order valence-corrected chi connectivity index (χ0v) is 67.5. The van der Waals surface area contributed by atoms with Crippen molar-refractivity contribution in [3.8, 4) is 0 Å². The number of ether oxygens (including phenoxy) is 2. The molecule has 2 saturated carbocycles. The molecule has 104 heavy (non-hydrogen) atoms. The first kappa shape index (κ1) is 126. The van der Waals surface area contributed by atoms with Gasteiger partial charge < -0.3 is 203 Å². The van der Waals surface area contributed by atoms with Crippen LogP contribution < -0.4 is 174 Å². The Hall–Kier alpha value is -1.52. The standard InChI is InChI=1S/2C6H18N4.2C6H16N2O2.2C6H14N2.2C5H15N3.C5H14N2.C4H13N3.C4H12N2O.C4H12N2.C3H10N2/c7-1-4-10(5-2-8)6-3-9;2*7-1-3-9-5-6-10-4-2-8;9-5-3-7-1-2-8-4-6-10;2*7-5-3-1-2-4-6(5)8;1-8(4-2-6)5-3-7;6-2-1-4-8-5-3-7;1-6-4-3-5-7-2;5-1-3-7-4-2-6;5-1-2-6-3-4-7;1-6-4-2-3-5;4-2-1-3-5/h1-9H2;9-10H,1-8H2;1-8H2;7-10H,1-6H2;2*5-6H,1-4,7-8H2;2-7H2,1H3;8H,1-7H2;6-7H,3-5H2,1-2H3;7H,1-6H2;6-7H,1-5H2;6H,2-5H2,1H3;1-5H2/t;;;;5-,6+;5-,6-;;;;;;;/m.....1......./s1. The van der Waals surface area contributed by atoms with Gasteiger partial charge in [-0.15, -0.1) is 0 Å². The van der Waals surface area contributed by atoms with E-state index in [0.29, 0.717) is 118 Å². The van der Waals surface area contributed by atoms with Crippen LogP contribution in [0.4, 0.5) is 0 Å². The molecule has 0 spiro atoms. The number of rotatable bonds is 53. The predicted octanol–water partition coefficient (Wildman–Crippen LogP) is -12.8. The average molecular weight is 1520 g/mol. The number of aliphatic hydroxyl groups is 3. The average Bonchev–Trinajstić information content (AvgIpc) is 1.31. The third-order valence-electron chi connectivity index (χ3n) is 13.2. The number of nitrogens with zero attached hydrogens (tertiary/aromatic N) is 2. The van der Waals surface area contributed by atoms with Gasteiger partial charge in [0.1, 0.15) is 0 Å². The lowest BCUT2D eigenvalue weighted by atomic mass is 9.92. The highest BCUT2D eigenvalue weighted by atomic mass is 16.5. The van der Waals surface area contributed by atoms with Crippen LogP contribution >= 0.6 is 0 Å². The van der Waals surface area contributed by atoms with E-state index < -0.39 is 0 Å². The fourth-order valence-electron chi connectivity index (χ4n) is 7.44. The summed E-state index contributed by atoms with van der Waals surface area (Å²) in [5.74, 6) is 0. The van der Waals surface area contributed by atoms with Crippen LogP contribution in [0.5, 0.6) is 0 Å². The van der Waals surface area contributed by atoms with Crippen LogP contribution in [0.1, 0.15) is 77.0 Å². The maximum absolute atomic E-state index is 8.35. The quantitative estimate of drug-likeness (QED) is 0.0252. The molecule has 2 aliphatic carbocycles. The fourth-order valence-corrected chi connectivity index (χ4v) is 7.44. The van der Waals surface area contributed by atoms with E-state index in [0.717, 1.165) is 209 Å². The highest BCUT2D eigenvalue weighted by Gasteiger charge is 2.17. The van der Waals surface area contributed by atoms with Gasteiger partial charge in [0, 0.05) is 227 Å². The van der Waals surface area contributed by atoms with Gasteiger partial charge in [-0.3, -0.25) is 4.90 Å². The van der Waals surface area contributed by atoms with Gasteiger partial charge in [0.25, 0.3) is 0 Å². The van der Waals surface area contributed by atoms with E-state index in [4.69, 9.17) is 145 Å². The Bertz CT molecular complexity index is 1090. The molecule has 646 valence electrons. The minimum atomic E-state index is 0.181. The van der Waals surface area contributed by atoms with E-state index in [1.165, 1.54) is 32.1 Å². The number of nitrogens with two attached hydrogens (primary N) is 21. The Morgan fingerprint density at radius 2 is 0.510 bits per heavy atom. The smallest absolute Gasteiger partial charge is 0.0701 e. The summed E-state index contributed by atoms with van der Waals surface area (Å²) in [6.45, 7) is 34.3. The topological polar surface area (TPSA) is 752 Å². The predicted molar refractivity (Wildman–Crippen MR) is 450 cm³/mol. The molecule has 0 radical (unpaired) electrons. The van der Waals surface area contributed by atoms with E-state index in [1.54, 1.807) is 0 Å². The van der Waals surface area contributed by atoms with Gasteiger partial charge in [0.2, 0.25) is 0 Å². The van der Waals surface area contributed by atoms with Crippen molar-refractivity contribution in [2.45, 2.75) is 101 Å². The number of nitrogens with one attached hydrogen (secondary N) is 10. The first-order valence-corrected chi connectivity index (χ1v) is 38.7. The van der Waals surface area contributed by atoms with Crippen LogP contribution in [-0.2, 0) is 9.47 Å². The molecular formula is C66H187N33O5. The second-order valence-electron chi connectivity index (χ2n) is 23.1. The lowest BCUT2D eigenvalue weighted by molar-refractivity contribution is 0.0538. The lowest BCUT2D eigenvalue weighted by Gasteiger charge is -2.24. The maximum atomic E-state index is 8.35. The van der Waals surface area contributed by atoms with Gasteiger partial charge >= 0.3 is 0 Å². The fraction of sp³-hybridized carbons (Fsp3) is 1.00. The molecule has 0 aromatic heterocycles. The summed E-state index contributed by atoms with van der Waals surface area (Å²) in [4.78, 5) is 4.28. The van der Waals surface area contributed by atoms with E-state index in [-0.39, 0.29) is 44.0 Å². The molecule has 38 nitrogen and oxygen atoms in total. The van der Waals surface area contributed by atoms with E-state index in [9.17, 15) is 0 Å². The zero-order chi connectivity index (χ0) is 81.0. The van der Waals surface area contributed by atoms with Gasteiger partial charge in [-0.05, 0) is 132 Å². The van der Waals surface area contributed by atoms with Crippen molar-refractivity contribution in [2.75, 3.05) is 330 Å². The molecule has 0 unspecified atom stereocenters. The minimum Gasteiger partial charge on any atom is -0.395 e. The second kappa shape index (κ2) is 137.